The molecule has 3 aliphatic heterocycles. The Bertz CT molecular complexity index is 4320. The average molecular weight is 1470 g/mol. The van der Waals surface area contributed by atoms with Gasteiger partial charge in [0, 0.05) is 80.2 Å². The molecule has 1 fully saturated rings. The van der Waals surface area contributed by atoms with E-state index in [0.29, 0.717) is 21.6 Å². The number of likely N-dealkylation sites (N-methyl/N-ethyl adjacent to an activating group) is 1. The molecule has 6 aromatic rings. The minimum atomic E-state index is -2.25. The second-order valence-corrected chi connectivity index (χ2v) is 26.3. The summed E-state index contributed by atoms with van der Waals surface area (Å²) in [7, 11) is 1.40. The van der Waals surface area contributed by atoms with Gasteiger partial charge in [-0.15, -0.1) is 0 Å². The van der Waals surface area contributed by atoms with E-state index < -0.39 is 150 Å². The van der Waals surface area contributed by atoms with Gasteiger partial charge >= 0.3 is 5.97 Å². The summed E-state index contributed by atoms with van der Waals surface area (Å²) in [6, 6.07) is 20.3. The number of unbranched alkanes of at least 4 members (excludes halogenated alkanes) is 1. The molecular formula is C75H86N14O18. The summed E-state index contributed by atoms with van der Waals surface area (Å²) < 4.78 is 12.4. The number of fused-ring (bicyclic) bond motifs is 6. The van der Waals surface area contributed by atoms with Crippen molar-refractivity contribution in [3.05, 3.63) is 178 Å². The van der Waals surface area contributed by atoms with Crippen LogP contribution in [0.5, 0.6) is 34.5 Å². The second kappa shape index (κ2) is 35.2. The van der Waals surface area contributed by atoms with Gasteiger partial charge in [0.25, 0.3) is 11.8 Å². The molecule has 3 aliphatic rings. The third kappa shape index (κ3) is 19.2. The first-order valence-electron chi connectivity index (χ1n) is 34.7. The standard InChI is InChI=1S/C75H86N14O18/c1-87(64(96)31-18-41-14-20-45(90)21-15-41)59(36-43-16-22-46(91)23-17-43)69(101)85-55(35-42-9-3-2-4-10-42)67(99)84-54(29-30-62(77)94)66(98)86-56(40-63(78)95)71(103)89(58(12-5-6-32-76)72(104)88-34-8-13-57(88)68(100)83-53(65(79)97)11-7-33-82-74(80)81)70(102)44-19-26-50-49(37-44)73(105)107-75(50)51-27-24-47(92)38-60(51)106-61-39-48(93)25-28-52(61)75/h2-4,9-10,14-17,19-28,37-39,53-59,90-93H,5-8,11-13,18,29-36,40,76H2,1H3,(H2,77,94)(H2,78,95)(H2,79,97)(H,83,100)(H,84,99)(H,85,101)(H,86,98)(H4,80,81,82)/t53-,54-,55-,56-,57-,58-,59+/m0/s1. The molecule has 20 N–H and O–H groups in total. The monoisotopic (exact) mass is 1470 g/mol. The second-order valence-electron chi connectivity index (χ2n) is 26.3. The van der Waals surface area contributed by atoms with E-state index in [4.69, 9.17) is 43.6 Å². The maximum atomic E-state index is 16.1. The fraction of sp³-hybridized carbons (Fsp3) is 0.347. The SMILES string of the molecule is CN(C(=O)CCc1ccc(O)cc1)[C@H](Cc1ccc(O)cc1)C(=O)N[C@@H](Cc1ccccc1)C(=O)N[C@@H](CCC(N)=O)C(=O)N[C@@H](CC(N)=O)C(=O)N(C(=O)c1ccc2c(c1)C(=O)OC21c2ccc(O)cc2Oc2cc(O)ccc21)[C@@H](CCCCN)C(=O)N1CCC[C@H]1C(=O)N[C@@H](CCCNC(=N)N)C(N)=O. The number of carbonyl (C=O) groups excluding carboxylic acids is 12. The molecule has 1 saturated heterocycles. The third-order valence-electron chi connectivity index (χ3n) is 18.8. The fourth-order valence-corrected chi connectivity index (χ4v) is 13.3. The van der Waals surface area contributed by atoms with Gasteiger partial charge in [0.1, 0.15) is 76.8 Å². The van der Waals surface area contributed by atoms with Gasteiger partial charge < -0.3 is 95.0 Å². The Labute approximate surface area is 614 Å². The van der Waals surface area contributed by atoms with Gasteiger partial charge in [-0.3, -0.25) is 63.0 Å². The van der Waals surface area contributed by atoms with Crippen LogP contribution >= 0.6 is 0 Å². The van der Waals surface area contributed by atoms with E-state index >= 15 is 24.0 Å². The molecular weight excluding hydrogens is 1380 g/mol. The number of aromatic hydroxyl groups is 4. The minimum Gasteiger partial charge on any atom is -0.508 e. The van der Waals surface area contributed by atoms with Gasteiger partial charge in [0.15, 0.2) is 11.6 Å². The Morgan fingerprint density at radius 3 is 1.80 bits per heavy atom. The highest BCUT2D eigenvalue weighted by atomic mass is 16.6. The number of rotatable bonds is 34. The van der Waals surface area contributed by atoms with Crippen molar-refractivity contribution in [1.29, 1.82) is 5.41 Å². The van der Waals surface area contributed by atoms with Gasteiger partial charge in [-0.2, -0.15) is 0 Å². The number of nitrogens with two attached hydrogens (primary N) is 5. The Morgan fingerprint density at radius 1 is 0.607 bits per heavy atom. The number of ether oxygens (including phenoxy) is 2. The molecule has 9 rings (SSSR count). The number of esters is 1. The summed E-state index contributed by atoms with van der Waals surface area (Å²) in [4.78, 5) is 178. The van der Waals surface area contributed by atoms with E-state index in [-0.39, 0.29) is 147 Å². The molecule has 3 heterocycles. The van der Waals surface area contributed by atoms with Crippen molar-refractivity contribution in [3.8, 4) is 34.5 Å². The summed E-state index contributed by atoms with van der Waals surface area (Å²) in [5.74, 6) is -13.5. The lowest BCUT2D eigenvalue weighted by Crippen LogP contribution is -2.62. The van der Waals surface area contributed by atoms with Crippen molar-refractivity contribution >= 4 is 76.9 Å². The molecule has 6 aromatic carbocycles. The van der Waals surface area contributed by atoms with Crippen LogP contribution in [0.15, 0.2) is 133 Å². The van der Waals surface area contributed by atoms with Crippen molar-refractivity contribution < 1.29 is 87.4 Å². The molecule has 0 unspecified atom stereocenters. The van der Waals surface area contributed by atoms with E-state index in [1.54, 1.807) is 42.5 Å². The number of phenolic OH excluding ortho intramolecular Hbond substituents is 4. The van der Waals surface area contributed by atoms with Crippen LogP contribution in [0.25, 0.3) is 0 Å². The highest BCUT2D eigenvalue weighted by Gasteiger charge is 2.55. The predicted molar refractivity (Wildman–Crippen MR) is 384 cm³/mol. The average Bonchev–Trinajstić information content (AvgIpc) is 1.58. The van der Waals surface area contributed by atoms with Crippen molar-refractivity contribution in [3.63, 3.8) is 0 Å². The maximum absolute atomic E-state index is 16.1. The molecule has 1 spiro atoms. The number of imide groups is 1. The lowest BCUT2D eigenvalue weighted by atomic mass is 9.77. The zero-order chi connectivity index (χ0) is 77.4. The van der Waals surface area contributed by atoms with Gasteiger partial charge in [-0.05, 0) is 142 Å². The van der Waals surface area contributed by atoms with E-state index in [0.717, 1.165) is 11.0 Å². The molecule has 0 bridgehead atoms. The van der Waals surface area contributed by atoms with Crippen LogP contribution in [0.2, 0.25) is 0 Å². The summed E-state index contributed by atoms with van der Waals surface area (Å²) in [5, 5.41) is 61.5. The van der Waals surface area contributed by atoms with E-state index in [1.165, 1.54) is 96.9 Å². The summed E-state index contributed by atoms with van der Waals surface area (Å²) >= 11 is 0. The van der Waals surface area contributed by atoms with Gasteiger partial charge in [-0.25, -0.2) is 4.79 Å². The first-order valence-corrected chi connectivity index (χ1v) is 34.7. The van der Waals surface area contributed by atoms with E-state index in [2.05, 4.69) is 26.6 Å². The van der Waals surface area contributed by atoms with Crippen LogP contribution in [0.4, 0.5) is 0 Å². The summed E-state index contributed by atoms with van der Waals surface area (Å²) in [5.41, 5.74) is 28.3. The Kier molecular flexibility index (Phi) is 25.9. The lowest BCUT2D eigenvalue weighted by Gasteiger charge is -2.37. The topological polar surface area (TPSA) is 528 Å². The number of nitrogens with one attached hydrogen (secondary N) is 6. The summed E-state index contributed by atoms with van der Waals surface area (Å²) in [6.45, 7) is -0.0158. The largest absolute Gasteiger partial charge is 0.508 e. The Morgan fingerprint density at radius 2 is 1.20 bits per heavy atom. The normalized spacial score (nSPS) is 15.3. The molecule has 32 heteroatoms. The lowest BCUT2D eigenvalue weighted by molar-refractivity contribution is -0.148. The van der Waals surface area contributed by atoms with Crippen molar-refractivity contribution in [1.82, 2.24) is 41.3 Å². The number of likely N-dealkylation sites (tertiary alicyclic amines) is 1. The maximum Gasteiger partial charge on any atom is 0.340 e. The number of phenols is 4. The molecule has 7 atom stereocenters. The minimum absolute atomic E-state index is 0.00231. The first-order chi connectivity index (χ1) is 51.1. The zero-order valence-electron chi connectivity index (χ0n) is 58.5. The number of primary amides is 3. The number of aryl methyl sites for hydroxylation is 1. The first kappa shape index (κ1) is 78.5. The van der Waals surface area contributed by atoms with Crippen LogP contribution in [0, 0.1) is 5.41 Å². The van der Waals surface area contributed by atoms with E-state index in [9.17, 15) is 54.0 Å². The number of hydrogen-bond donors (Lipinski definition) is 15. The highest BCUT2D eigenvalue weighted by molar-refractivity contribution is 6.12. The quantitative estimate of drug-likeness (QED) is 0.0117. The van der Waals surface area contributed by atoms with Gasteiger partial charge in [0.05, 0.1) is 12.0 Å². The summed E-state index contributed by atoms with van der Waals surface area (Å²) in [6.07, 6.45) is -2.55. The van der Waals surface area contributed by atoms with Crippen LogP contribution < -0.4 is 60.0 Å². The van der Waals surface area contributed by atoms with Crippen LogP contribution in [0.1, 0.15) is 125 Å². The molecule has 564 valence electrons. The van der Waals surface area contributed by atoms with Crippen molar-refractivity contribution in [2.45, 2.75) is 138 Å². The molecule has 107 heavy (non-hydrogen) atoms. The number of benzene rings is 6. The van der Waals surface area contributed by atoms with Crippen LogP contribution in [-0.4, -0.2) is 181 Å². The van der Waals surface area contributed by atoms with Crippen LogP contribution in [-0.2, 0) is 77.5 Å². The Balaban J connectivity index is 1.09. The van der Waals surface area contributed by atoms with Crippen LogP contribution in [0.3, 0.4) is 0 Å². The predicted octanol–water partition coefficient (Wildman–Crippen LogP) is 1.31. The molecule has 0 aromatic heterocycles. The molecule has 11 amide bonds. The van der Waals surface area contributed by atoms with Crippen molar-refractivity contribution in [2.75, 3.05) is 26.7 Å². The molecule has 0 aliphatic carbocycles. The molecule has 32 nitrogen and oxygen atoms in total. The van der Waals surface area contributed by atoms with Gasteiger partial charge in [-0.1, -0.05) is 60.7 Å². The number of carbonyl (C=O) groups is 12. The Hall–Kier alpha value is -12.6. The smallest absolute Gasteiger partial charge is 0.340 e. The third-order valence-corrected chi connectivity index (χ3v) is 18.8. The molecule has 0 saturated carbocycles. The zero-order valence-corrected chi connectivity index (χ0v) is 58.5. The number of nitrogens with zero attached hydrogens (tertiary/aromatic N) is 3. The van der Waals surface area contributed by atoms with E-state index in [1.807, 2.05) is 0 Å². The van der Waals surface area contributed by atoms with Gasteiger partial charge in [0.2, 0.25) is 53.2 Å². The number of guanidine groups is 1. The number of amides is 11. The fourth-order valence-electron chi connectivity index (χ4n) is 13.3. The number of hydrogen-bond acceptors (Lipinski definition) is 20. The molecule has 0 radical (unpaired) electrons. The van der Waals surface area contributed by atoms with Crippen molar-refractivity contribution in [2.24, 2.45) is 28.7 Å². The highest BCUT2D eigenvalue weighted by Crippen LogP contribution is 2.57.